The third-order valence-electron chi connectivity index (χ3n) is 4.55. The quantitative estimate of drug-likeness (QED) is 0.853. The lowest BCUT2D eigenvalue weighted by Crippen LogP contribution is -2.32. The Morgan fingerprint density at radius 1 is 1.04 bits per heavy atom. The van der Waals surface area contributed by atoms with Crippen molar-refractivity contribution in [3.05, 3.63) is 48.0 Å². The average Bonchev–Trinajstić information content (AvgIpc) is 2.81. The van der Waals surface area contributed by atoms with Crippen LogP contribution in [0.25, 0.3) is 0 Å². The summed E-state index contributed by atoms with van der Waals surface area (Å²) in [5.41, 5.74) is 2.79. The van der Waals surface area contributed by atoms with Crippen LogP contribution in [0, 0.1) is 0 Å². The number of benzene rings is 2. The molecule has 0 unspecified atom stereocenters. The molecule has 0 spiro atoms. The van der Waals surface area contributed by atoms with E-state index in [0.29, 0.717) is 28.7 Å². The molecule has 1 heterocycles. The van der Waals surface area contributed by atoms with E-state index < -0.39 is 10.2 Å². The summed E-state index contributed by atoms with van der Waals surface area (Å²) in [7, 11) is -0.561. The molecule has 2 aromatic carbocycles. The minimum Gasteiger partial charge on any atom is -0.484 e. The largest absolute Gasteiger partial charge is 0.484 e. The van der Waals surface area contributed by atoms with Crippen LogP contribution in [0.15, 0.2) is 42.5 Å². The highest BCUT2D eigenvalue weighted by molar-refractivity contribution is 7.94. The van der Waals surface area contributed by atoms with Crippen molar-refractivity contribution in [1.82, 2.24) is 0 Å². The molecular weight excluding hydrogens is 366 g/mol. The summed E-state index contributed by atoms with van der Waals surface area (Å²) >= 11 is 0. The summed E-state index contributed by atoms with van der Waals surface area (Å²) in [6.07, 6.45) is 0. The first-order valence-electron chi connectivity index (χ1n) is 8.59. The van der Waals surface area contributed by atoms with Gasteiger partial charge >= 0.3 is 10.2 Å². The Hall–Kier alpha value is -2.74. The van der Waals surface area contributed by atoms with E-state index in [1.54, 1.807) is 18.2 Å². The van der Waals surface area contributed by atoms with Crippen LogP contribution in [0.4, 0.5) is 17.1 Å². The third kappa shape index (κ3) is 3.71. The number of nitrogens with zero attached hydrogens (tertiary/aromatic N) is 2. The molecule has 1 aliphatic rings. The summed E-state index contributed by atoms with van der Waals surface area (Å²) in [4.78, 5) is 12.2. The molecule has 0 saturated carbocycles. The molecule has 0 radical (unpaired) electrons. The zero-order chi connectivity index (χ0) is 19.8. The fraction of sp³-hybridized carbons (Fsp3) is 0.316. The first kappa shape index (κ1) is 19.0. The lowest BCUT2D eigenvalue weighted by molar-refractivity contribution is -0.118. The molecule has 144 valence electrons. The topological polar surface area (TPSA) is 79.0 Å². The summed E-state index contributed by atoms with van der Waals surface area (Å²) < 4.78 is 32.2. The molecule has 0 saturated heterocycles. The predicted molar refractivity (Wildman–Crippen MR) is 107 cm³/mol. The van der Waals surface area contributed by atoms with Gasteiger partial charge in [-0.1, -0.05) is 26.0 Å². The molecule has 7 nitrogen and oxygen atoms in total. The molecule has 3 rings (SSSR count). The van der Waals surface area contributed by atoms with Gasteiger partial charge in [0.25, 0.3) is 5.91 Å². The SMILES string of the molecule is CC(C)c1ccc(OCC(=O)Nc2ccc3c(c2)N(C)S(=O)(=O)N3C)cc1. The number of carbonyl (C=O) groups is 1. The molecule has 0 fully saturated rings. The van der Waals surface area contributed by atoms with Crippen molar-refractivity contribution in [2.75, 3.05) is 34.6 Å². The van der Waals surface area contributed by atoms with Crippen molar-refractivity contribution in [3.63, 3.8) is 0 Å². The molecule has 0 bridgehead atoms. The number of rotatable bonds is 5. The standard InChI is InChI=1S/C19H23N3O4S/c1-13(2)14-5-8-16(9-6-14)26-12-19(23)20-15-7-10-17-18(11-15)22(4)27(24,25)21(17)3/h5-11,13H,12H2,1-4H3,(H,20,23). The Morgan fingerprint density at radius 3 is 2.30 bits per heavy atom. The smallest absolute Gasteiger partial charge is 0.326 e. The van der Waals surface area contributed by atoms with E-state index in [2.05, 4.69) is 19.2 Å². The number of carbonyl (C=O) groups excluding carboxylic acids is 1. The number of amides is 1. The molecule has 1 amide bonds. The average molecular weight is 389 g/mol. The molecule has 8 heteroatoms. The van der Waals surface area contributed by atoms with Gasteiger partial charge in [0.2, 0.25) is 0 Å². The van der Waals surface area contributed by atoms with Crippen molar-refractivity contribution in [2.45, 2.75) is 19.8 Å². The minimum atomic E-state index is -3.53. The number of ether oxygens (including phenoxy) is 1. The van der Waals surface area contributed by atoms with Crippen LogP contribution in [-0.2, 0) is 15.0 Å². The molecule has 0 atom stereocenters. The van der Waals surface area contributed by atoms with Gasteiger partial charge in [-0.2, -0.15) is 8.42 Å². The van der Waals surface area contributed by atoms with E-state index in [-0.39, 0.29) is 12.5 Å². The van der Waals surface area contributed by atoms with Crippen LogP contribution in [0.2, 0.25) is 0 Å². The van der Waals surface area contributed by atoms with Gasteiger partial charge in [0.1, 0.15) is 5.75 Å². The Balaban J connectivity index is 1.63. The second kappa shape index (κ2) is 7.11. The molecule has 0 aromatic heterocycles. The number of hydrogen-bond acceptors (Lipinski definition) is 4. The van der Waals surface area contributed by atoms with E-state index in [4.69, 9.17) is 4.74 Å². The third-order valence-corrected chi connectivity index (χ3v) is 6.32. The highest BCUT2D eigenvalue weighted by Crippen LogP contribution is 2.40. The molecule has 1 N–H and O–H groups in total. The molecule has 0 aliphatic carbocycles. The van der Waals surface area contributed by atoms with Crippen LogP contribution in [0.5, 0.6) is 5.75 Å². The summed E-state index contributed by atoms with van der Waals surface area (Å²) in [6, 6.07) is 12.6. The predicted octanol–water partition coefficient (Wildman–Crippen LogP) is 2.96. The zero-order valence-corrected chi connectivity index (χ0v) is 16.6. The van der Waals surface area contributed by atoms with Gasteiger partial charge in [0.05, 0.1) is 11.4 Å². The Morgan fingerprint density at radius 2 is 1.67 bits per heavy atom. The molecular formula is C19H23N3O4S. The second-order valence-electron chi connectivity index (χ2n) is 6.71. The number of hydrogen-bond donors (Lipinski definition) is 1. The minimum absolute atomic E-state index is 0.133. The number of anilines is 3. The molecule has 1 aliphatic heterocycles. The van der Waals surface area contributed by atoms with Gasteiger partial charge in [-0.05, 0) is 41.8 Å². The van der Waals surface area contributed by atoms with E-state index in [1.165, 1.54) is 28.3 Å². The summed E-state index contributed by atoms with van der Waals surface area (Å²) in [6.45, 7) is 4.09. The highest BCUT2D eigenvalue weighted by Gasteiger charge is 2.35. The van der Waals surface area contributed by atoms with E-state index in [9.17, 15) is 13.2 Å². The molecule has 27 heavy (non-hydrogen) atoms. The van der Waals surface area contributed by atoms with Gasteiger partial charge in [0.15, 0.2) is 6.61 Å². The van der Waals surface area contributed by atoms with E-state index in [0.717, 1.165) is 0 Å². The van der Waals surface area contributed by atoms with Gasteiger partial charge < -0.3 is 10.1 Å². The van der Waals surface area contributed by atoms with Crippen LogP contribution in [0.1, 0.15) is 25.3 Å². The molecule has 2 aromatic rings. The Kier molecular flexibility index (Phi) is 5.01. The van der Waals surface area contributed by atoms with Crippen LogP contribution >= 0.6 is 0 Å². The lowest BCUT2D eigenvalue weighted by atomic mass is 10.0. The maximum absolute atomic E-state index is 12.2. The monoisotopic (exact) mass is 389 g/mol. The van der Waals surface area contributed by atoms with Crippen LogP contribution < -0.4 is 18.7 Å². The van der Waals surface area contributed by atoms with Crippen molar-refractivity contribution in [1.29, 1.82) is 0 Å². The normalized spacial score (nSPS) is 15.0. The summed E-state index contributed by atoms with van der Waals surface area (Å²) in [5.74, 6) is 0.735. The maximum Gasteiger partial charge on any atom is 0.326 e. The fourth-order valence-electron chi connectivity index (χ4n) is 2.85. The first-order valence-corrected chi connectivity index (χ1v) is 9.99. The van der Waals surface area contributed by atoms with Gasteiger partial charge in [-0.3, -0.25) is 13.4 Å². The van der Waals surface area contributed by atoms with Crippen molar-refractivity contribution in [2.24, 2.45) is 0 Å². The van der Waals surface area contributed by atoms with E-state index in [1.807, 2.05) is 24.3 Å². The Labute approximate surface area is 159 Å². The maximum atomic E-state index is 12.2. The van der Waals surface area contributed by atoms with Crippen molar-refractivity contribution >= 4 is 33.2 Å². The number of nitrogens with one attached hydrogen (secondary N) is 1. The van der Waals surface area contributed by atoms with Crippen molar-refractivity contribution in [3.8, 4) is 5.75 Å². The number of fused-ring (bicyclic) bond motifs is 1. The van der Waals surface area contributed by atoms with Crippen molar-refractivity contribution < 1.29 is 17.9 Å². The lowest BCUT2D eigenvalue weighted by Gasteiger charge is -2.13. The van der Waals surface area contributed by atoms with Crippen LogP contribution in [0.3, 0.4) is 0 Å². The van der Waals surface area contributed by atoms with E-state index >= 15 is 0 Å². The summed E-state index contributed by atoms with van der Waals surface area (Å²) in [5, 5.41) is 2.73. The fourth-order valence-corrected chi connectivity index (χ4v) is 4.01. The van der Waals surface area contributed by atoms with Gasteiger partial charge in [0, 0.05) is 19.8 Å². The van der Waals surface area contributed by atoms with Gasteiger partial charge in [-0.25, -0.2) is 0 Å². The zero-order valence-electron chi connectivity index (χ0n) is 15.8. The second-order valence-corrected chi connectivity index (χ2v) is 8.70. The highest BCUT2D eigenvalue weighted by atomic mass is 32.2. The van der Waals surface area contributed by atoms with Gasteiger partial charge in [-0.15, -0.1) is 0 Å². The Bertz CT molecular complexity index is 955. The van der Waals surface area contributed by atoms with Crippen LogP contribution in [-0.4, -0.2) is 35.0 Å². The first-order chi connectivity index (χ1) is 12.7.